The highest BCUT2D eigenvalue weighted by Crippen LogP contribution is 2.36. The van der Waals surface area contributed by atoms with Gasteiger partial charge in [0.15, 0.2) is 0 Å². The molecule has 8 heteroatoms. The third-order valence-corrected chi connectivity index (χ3v) is 5.56. The monoisotopic (exact) mass is 469 g/mol. The van der Waals surface area contributed by atoms with E-state index < -0.39 is 17.0 Å². The number of imide groups is 1. The molecule has 0 N–H and O–H groups in total. The van der Waals surface area contributed by atoms with Crippen LogP contribution in [-0.4, -0.2) is 22.7 Å². The van der Waals surface area contributed by atoms with Gasteiger partial charge in [-0.25, -0.2) is 4.39 Å². The van der Waals surface area contributed by atoms with Gasteiger partial charge in [-0.05, 0) is 55.1 Å². The number of rotatable bonds is 5. The summed E-state index contributed by atoms with van der Waals surface area (Å²) in [5.74, 6) is -0.451. The van der Waals surface area contributed by atoms with Crippen molar-refractivity contribution in [2.75, 3.05) is 6.61 Å². The van der Waals surface area contributed by atoms with Crippen LogP contribution in [-0.2, 0) is 11.3 Å². The van der Waals surface area contributed by atoms with Crippen LogP contribution in [0.15, 0.2) is 45.8 Å². The fourth-order valence-electron chi connectivity index (χ4n) is 2.54. The Labute approximate surface area is 173 Å². The summed E-state index contributed by atoms with van der Waals surface area (Å²) in [6.45, 7) is 2.11. The van der Waals surface area contributed by atoms with Gasteiger partial charge in [0.1, 0.15) is 11.6 Å². The normalized spacial score (nSPS) is 15.7. The van der Waals surface area contributed by atoms with Crippen molar-refractivity contribution in [3.8, 4) is 5.75 Å². The highest BCUT2D eigenvalue weighted by Gasteiger charge is 2.36. The molecule has 0 aromatic heterocycles. The maximum atomic E-state index is 14.0. The minimum absolute atomic E-state index is 0.111. The number of ether oxygens (including phenoxy) is 1. The molecule has 2 aromatic rings. The predicted octanol–water partition coefficient (Wildman–Crippen LogP) is 5.88. The van der Waals surface area contributed by atoms with Crippen LogP contribution in [0.25, 0.3) is 6.08 Å². The van der Waals surface area contributed by atoms with E-state index in [1.54, 1.807) is 18.2 Å². The molecule has 0 saturated carbocycles. The zero-order valence-corrected chi connectivity index (χ0v) is 17.3. The average Bonchev–Trinajstić information content (AvgIpc) is 2.88. The van der Waals surface area contributed by atoms with E-state index in [1.165, 1.54) is 18.2 Å². The van der Waals surface area contributed by atoms with E-state index >= 15 is 0 Å². The summed E-state index contributed by atoms with van der Waals surface area (Å²) in [5, 5.41) is -0.304. The largest absolute Gasteiger partial charge is 0.493 e. The van der Waals surface area contributed by atoms with Gasteiger partial charge < -0.3 is 4.74 Å². The first-order chi connectivity index (χ1) is 12.9. The molecule has 140 valence electrons. The summed E-state index contributed by atoms with van der Waals surface area (Å²) >= 11 is 10.2. The molecule has 0 aliphatic carbocycles. The van der Waals surface area contributed by atoms with Crippen LogP contribution in [0, 0.1) is 5.82 Å². The van der Waals surface area contributed by atoms with Gasteiger partial charge in [0.2, 0.25) is 0 Å². The first-order valence-electron chi connectivity index (χ1n) is 8.01. The Kier molecular flexibility index (Phi) is 6.24. The molecule has 0 bridgehead atoms. The second kappa shape index (κ2) is 8.46. The fraction of sp³-hybridized carbons (Fsp3) is 0.158. The van der Waals surface area contributed by atoms with Crippen LogP contribution >= 0.6 is 39.3 Å². The second-order valence-electron chi connectivity index (χ2n) is 5.58. The molecular formula is C19H14BrClFNO3S. The van der Waals surface area contributed by atoms with Crippen molar-refractivity contribution in [3.63, 3.8) is 0 Å². The SMILES string of the molecule is CCOc1ccc(Br)cc1/C=C1\SC(=O)N(Cc2c(F)cccc2Cl)C1=O. The molecule has 1 saturated heterocycles. The van der Waals surface area contributed by atoms with Crippen LogP contribution in [0.3, 0.4) is 0 Å². The molecule has 2 amide bonds. The van der Waals surface area contributed by atoms with Crippen molar-refractivity contribution in [2.24, 2.45) is 0 Å². The Bertz CT molecular complexity index is 930. The van der Waals surface area contributed by atoms with Crippen molar-refractivity contribution < 1.29 is 18.7 Å². The van der Waals surface area contributed by atoms with Crippen LogP contribution in [0.5, 0.6) is 5.75 Å². The first kappa shape index (κ1) is 19.9. The molecule has 27 heavy (non-hydrogen) atoms. The summed E-state index contributed by atoms with van der Waals surface area (Å²) in [5.41, 5.74) is 0.779. The van der Waals surface area contributed by atoms with Gasteiger partial charge in [0.05, 0.1) is 18.1 Å². The summed E-state index contributed by atoms with van der Waals surface area (Å²) in [4.78, 5) is 26.2. The van der Waals surface area contributed by atoms with Crippen LogP contribution < -0.4 is 4.74 Å². The maximum Gasteiger partial charge on any atom is 0.293 e. The number of amides is 2. The summed E-state index contributed by atoms with van der Waals surface area (Å²) in [7, 11) is 0. The molecule has 1 aliphatic heterocycles. The number of halogens is 3. The predicted molar refractivity (Wildman–Crippen MR) is 108 cm³/mol. The van der Waals surface area contributed by atoms with Crippen molar-refractivity contribution in [1.29, 1.82) is 0 Å². The lowest BCUT2D eigenvalue weighted by molar-refractivity contribution is -0.123. The topological polar surface area (TPSA) is 46.6 Å². The lowest BCUT2D eigenvalue weighted by Crippen LogP contribution is -2.28. The zero-order chi connectivity index (χ0) is 19.6. The number of thioether (sulfide) groups is 1. The van der Waals surface area contributed by atoms with E-state index in [-0.39, 0.29) is 22.0 Å². The van der Waals surface area contributed by atoms with E-state index in [2.05, 4.69) is 15.9 Å². The minimum atomic E-state index is -0.559. The lowest BCUT2D eigenvalue weighted by atomic mass is 10.1. The molecule has 0 spiro atoms. The van der Waals surface area contributed by atoms with E-state index in [1.807, 2.05) is 13.0 Å². The van der Waals surface area contributed by atoms with Gasteiger partial charge >= 0.3 is 0 Å². The highest BCUT2D eigenvalue weighted by molar-refractivity contribution is 9.10. The van der Waals surface area contributed by atoms with Crippen LogP contribution in [0.4, 0.5) is 9.18 Å². The lowest BCUT2D eigenvalue weighted by Gasteiger charge is -2.14. The molecular weight excluding hydrogens is 457 g/mol. The number of carbonyl (C=O) groups excluding carboxylic acids is 2. The Morgan fingerprint density at radius 2 is 2.07 bits per heavy atom. The van der Waals surface area contributed by atoms with Gasteiger partial charge in [-0.1, -0.05) is 33.6 Å². The van der Waals surface area contributed by atoms with Crippen molar-refractivity contribution in [2.45, 2.75) is 13.5 Å². The molecule has 1 heterocycles. The van der Waals surface area contributed by atoms with E-state index in [4.69, 9.17) is 16.3 Å². The number of benzene rings is 2. The molecule has 1 aliphatic rings. The third kappa shape index (κ3) is 4.36. The Balaban J connectivity index is 1.90. The van der Waals surface area contributed by atoms with Gasteiger partial charge in [-0.15, -0.1) is 0 Å². The quantitative estimate of drug-likeness (QED) is 0.512. The molecule has 0 unspecified atom stereocenters. The standard InChI is InChI=1S/C19H14BrClFNO3S/c1-2-26-16-7-6-12(20)8-11(16)9-17-18(24)23(19(25)27-17)10-13-14(21)4-3-5-15(13)22/h3-9H,2,10H2,1H3/b17-9-. The van der Waals surface area contributed by atoms with Crippen molar-refractivity contribution in [1.82, 2.24) is 4.90 Å². The fourth-order valence-corrected chi connectivity index (χ4v) is 3.97. The molecule has 2 aromatic carbocycles. The first-order valence-corrected chi connectivity index (χ1v) is 10.00. The number of hydrogen-bond donors (Lipinski definition) is 0. The van der Waals surface area contributed by atoms with Crippen LogP contribution in [0.2, 0.25) is 5.02 Å². The number of nitrogens with zero attached hydrogens (tertiary/aromatic N) is 1. The average molecular weight is 471 g/mol. The van der Waals surface area contributed by atoms with Crippen molar-refractivity contribution >= 4 is 56.5 Å². The summed E-state index contributed by atoms with van der Waals surface area (Å²) in [6, 6.07) is 9.64. The van der Waals surface area contributed by atoms with E-state index in [0.717, 1.165) is 21.1 Å². The molecule has 4 nitrogen and oxygen atoms in total. The number of carbonyl (C=O) groups is 2. The zero-order valence-electron chi connectivity index (χ0n) is 14.2. The maximum absolute atomic E-state index is 14.0. The molecule has 3 rings (SSSR count). The number of hydrogen-bond acceptors (Lipinski definition) is 4. The minimum Gasteiger partial charge on any atom is -0.493 e. The smallest absolute Gasteiger partial charge is 0.293 e. The molecule has 0 atom stereocenters. The summed E-state index contributed by atoms with van der Waals surface area (Å²) in [6.07, 6.45) is 1.60. The van der Waals surface area contributed by atoms with Gasteiger partial charge in [-0.2, -0.15) is 0 Å². The summed E-state index contributed by atoms with van der Waals surface area (Å²) < 4.78 is 20.4. The Morgan fingerprint density at radius 1 is 1.30 bits per heavy atom. The highest BCUT2D eigenvalue weighted by atomic mass is 79.9. The van der Waals surface area contributed by atoms with E-state index in [0.29, 0.717) is 17.9 Å². The Morgan fingerprint density at radius 3 is 2.78 bits per heavy atom. The van der Waals surface area contributed by atoms with Crippen LogP contribution in [0.1, 0.15) is 18.1 Å². The molecule has 1 fully saturated rings. The van der Waals surface area contributed by atoms with E-state index in [9.17, 15) is 14.0 Å². The van der Waals surface area contributed by atoms with Gasteiger partial charge in [-0.3, -0.25) is 14.5 Å². The van der Waals surface area contributed by atoms with Gasteiger partial charge in [0.25, 0.3) is 11.1 Å². The molecule has 0 radical (unpaired) electrons. The van der Waals surface area contributed by atoms with Crippen molar-refractivity contribution in [3.05, 3.63) is 67.7 Å². The second-order valence-corrected chi connectivity index (χ2v) is 7.90. The Hall–Kier alpha value is -1.83. The van der Waals surface area contributed by atoms with Gasteiger partial charge in [0, 0.05) is 20.6 Å². The third-order valence-electron chi connectivity index (χ3n) is 3.81.